The highest BCUT2D eigenvalue weighted by Crippen LogP contribution is 2.36. The van der Waals surface area contributed by atoms with Crippen LogP contribution in [-0.4, -0.2) is 40.4 Å². The summed E-state index contributed by atoms with van der Waals surface area (Å²) < 4.78 is 80.6. The molecular formula is C19H13F6N3O5. The first-order valence-corrected chi connectivity index (χ1v) is 8.56. The van der Waals surface area contributed by atoms with Crippen molar-refractivity contribution in [1.29, 1.82) is 0 Å². The minimum atomic E-state index is -5.08. The smallest absolute Gasteiger partial charge is 0.490 e. The van der Waals surface area contributed by atoms with Gasteiger partial charge in [0.2, 0.25) is 5.88 Å². The lowest BCUT2D eigenvalue weighted by molar-refractivity contribution is -0.192. The van der Waals surface area contributed by atoms with Crippen molar-refractivity contribution in [3.63, 3.8) is 0 Å². The number of carbonyl (C=O) groups excluding carboxylic acids is 1. The second-order valence-electron chi connectivity index (χ2n) is 5.98. The molecule has 33 heavy (non-hydrogen) atoms. The summed E-state index contributed by atoms with van der Waals surface area (Å²) >= 11 is 0. The number of nitrogens with one attached hydrogen (secondary N) is 1. The molecule has 0 radical (unpaired) electrons. The molecule has 0 bridgehead atoms. The maximum Gasteiger partial charge on any atom is 0.490 e. The van der Waals surface area contributed by atoms with Gasteiger partial charge >= 0.3 is 18.3 Å². The van der Waals surface area contributed by atoms with E-state index in [4.69, 9.17) is 19.2 Å². The molecule has 2 N–H and O–H groups in total. The molecule has 14 heteroatoms. The van der Waals surface area contributed by atoms with Crippen LogP contribution in [-0.2, 0) is 11.0 Å². The van der Waals surface area contributed by atoms with E-state index in [0.717, 1.165) is 13.2 Å². The molecule has 2 aromatic heterocycles. The highest BCUT2D eigenvalue weighted by atomic mass is 19.4. The minimum Gasteiger partial charge on any atom is -0.496 e. The van der Waals surface area contributed by atoms with Crippen LogP contribution in [0.3, 0.4) is 0 Å². The average Bonchev–Trinajstić information content (AvgIpc) is 3.21. The molecule has 0 aliphatic heterocycles. The van der Waals surface area contributed by atoms with Gasteiger partial charge in [-0.3, -0.25) is 15.1 Å². The molecule has 0 saturated carbocycles. The van der Waals surface area contributed by atoms with E-state index in [1.165, 1.54) is 12.1 Å². The highest BCUT2D eigenvalue weighted by molar-refractivity contribution is 6.04. The number of carbonyl (C=O) groups is 2. The first kappa shape index (κ1) is 25.2. The van der Waals surface area contributed by atoms with Crippen molar-refractivity contribution in [2.24, 2.45) is 0 Å². The van der Waals surface area contributed by atoms with Gasteiger partial charge in [0.05, 0.1) is 12.7 Å². The number of carboxylic acid groups (broad SMARTS) is 1. The molecule has 8 nitrogen and oxygen atoms in total. The van der Waals surface area contributed by atoms with Crippen molar-refractivity contribution >= 4 is 17.8 Å². The Morgan fingerprint density at radius 1 is 1.03 bits per heavy atom. The van der Waals surface area contributed by atoms with Gasteiger partial charge in [0.25, 0.3) is 5.91 Å². The number of methoxy groups -OCH3 is 1. The molecule has 0 saturated heterocycles. The summed E-state index contributed by atoms with van der Waals surface area (Å²) in [7, 11) is 1.12. The van der Waals surface area contributed by atoms with E-state index in [0.29, 0.717) is 17.3 Å². The second-order valence-corrected chi connectivity index (χ2v) is 5.98. The first-order chi connectivity index (χ1) is 15.3. The number of hydrogen-bond acceptors (Lipinski definition) is 6. The number of carboxylic acids is 1. The molecule has 1 amide bonds. The number of benzene rings is 1. The number of alkyl halides is 6. The van der Waals surface area contributed by atoms with Crippen LogP contribution in [0.25, 0.3) is 11.3 Å². The Hall–Kier alpha value is -4.10. The van der Waals surface area contributed by atoms with E-state index in [2.05, 4.69) is 15.5 Å². The molecule has 3 aromatic rings. The predicted octanol–water partition coefficient (Wildman–Crippen LogP) is 4.65. The number of nitrogens with zero attached hydrogens (tertiary/aromatic N) is 2. The van der Waals surface area contributed by atoms with E-state index in [1.54, 1.807) is 24.5 Å². The largest absolute Gasteiger partial charge is 0.496 e. The number of anilines is 1. The molecule has 0 atom stereocenters. The van der Waals surface area contributed by atoms with Crippen LogP contribution < -0.4 is 10.1 Å². The zero-order valence-electron chi connectivity index (χ0n) is 16.4. The summed E-state index contributed by atoms with van der Waals surface area (Å²) in [5.41, 5.74) is -0.0656. The maximum atomic E-state index is 13.1. The Morgan fingerprint density at radius 3 is 2.15 bits per heavy atom. The third-order valence-corrected chi connectivity index (χ3v) is 3.73. The normalized spacial score (nSPS) is 11.2. The van der Waals surface area contributed by atoms with Gasteiger partial charge in [0.1, 0.15) is 11.4 Å². The van der Waals surface area contributed by atoms with Crippen molar-refractivity contribution in [2.45, 2.75) is 12.4 Å². The van der Waals surface area contributed by atoms with Crippen LogP contribution in [0.15, 0.2) is 53.3 Å². The zero-order chi connectivity index (χ0) is 24.8. The van der Waals surface area contributed by atoms with Gasteiger partial charge in [-0.05, 0) is 30.3 Å². The number of halogens is 6. The molecule has 0 unspecified atom stereocenters. The lowest BCUT2D eigenvalue weighted by atomic mass is 10.1. The molecule has 176 valence electrons. The summed E-state index contributed by atoms with van der Waals surface area (Å²) in [6, 6.07) is 7.88. The van der Waals surface area contributed by atoms with E-state index in [9.17, 15) is 31.1 Å². The lowest BCUT2D eigenvalue weighted by Crippen LogP contribution is -2.21. The molecule has 0 aliphatic rings. The number of hydrogen-bond donors (Lipinski definition) is 2. The number of amides is 1. The fraction of sp³-hybridized carbons (Fsp3) is 0.158. The molecule has 2 heterocycles. The molecule has 0 aliphatic carbocycles. The molecular weight excluding hydrogens is 464 g/mol. The Labute approximate surface area is 180 Å². The van der Waals surface area contributed by atoms with Crippen LogP contribution in [0.4, 0.5) is 32.2 Å². The van der Waals surface area contributed by atoms with Crippen LogP contribution in [0.2, 0.25) is 0 Å². The van der Waals surface area contributed by atoms with Gasteiger partial charge in [-0.25, -0.2) is 4.79 Å². The Kier molecular flexibility index (Phi) is 7.64. The lowest BCUT2D eigenvalue weighted by Gasteiger charge is -2.13. The molecule has 0 fully saturated rings. The third-order valence-electron chi connectivity index (χ3n) is 3.73. The molecule has 1 aromatic carbocycles. The minimum absolute atomic E-state index is 0.00573. The Balaban J connectivity index is 0.000000479. The number of aromatic nitrogens is 2. The van der Waals surface area contributed by atoms with E-state index >= 15 is 0 Å². The predicted molar refractivity (Wildman–Crippen MR) is 99.4 cm³/mol. The standard InChI is InChI=1S/C17H12F3N3O3.C2HF3O2/c1-25-14-3-2-11(8-12(14)17(18,19)20)16(24)22-15-9-13(23-26-15)10-4-6-21-7-5-10;3-2(4,5)1(6)7/h2-9H,1H3,(H,22,24);(H,6,7). The summed E-state index contributed by atoms with van der Waals surface area (Å²) in [5, 5.41) is 13.3. The maximum absolute atomic E-state index is 13.1. The van der Waals surface area contributed by atoms with Crippen molar-refractivity contribution in [3.05, 3.63) is 59.9 Å². The Morgan fingerprint density at radius 2 is 1.64 bits per heavy atom. The summed E-state index contributed by atoms with van der Waals surface area (Å²) in [4.78, 5) is 25.0. The number of pyridine rings is 1. The monoisotopic (exact) mass is 477 g/mol. The molecule has 0 spiro atoms. The zero-order valence-corrected chi connectivity index (χ0v) is 16.4. The van der Waals surface area contributed by atoms with Crippen molar-refractivity contribution < 1.29 is 50.3 Å². The average molecular weight is 477 g/mol. The topological polar surface area (TPSA) is 115 Å². The molecule has 3 rings (SSSR count). The van der Waals surface area contributed by atoms with Crippen molar-refractivity contribution in [2.75, 3.05) is 12.4 Å². The highest BCUT2D eigenvalue weighted by Gasteiger charge is 2.38. The summed E-state index contributed by atoms with van der Waals surface area (Å²) in [6.45, 7) is 0. The fourth-order valence-corrected chi connectivity index (χ4v) is 2.25. The quantitative estimate of drug-likeness (QED) is 0.526. The fourth-order valence-electron chi connectivity index (χ4n) is 2.25. The van der Waals surface area contributed by atoms with Crippen molar-refractivity contribution in [1.82, 2.24) is 10.1 Å². The summed E-state index contributed by atoms with van der Waals surface area (Å²) in [5.74, 6) is -3.89. The van der Waals surface area contributed by atoms with Crippen LogP contribution in [0, 0.1) is 0 Å². The van der Waals surface area contributed by atoms with Gasteiger partial charge < -0.3 is 14.4 Å². The summed E-state index contributed by atoms with van der Waals surface area (Å²) in [6.07, 6.45) is -6.60. The van der Waals surface area contributed by atoms with Gasteiger partial charge in [-0.1, -0.05) is 5.16 Å². The van der Waals surface area contributed by atoms with Crippen molar-refractivity contribution in [3.8, 4) is 17.0 Å². The van der Waals surface area contributed by atoms with Crippen LogP contribution in [0.5, 0.6) is 5.75 Å². The van der Waals surface area contributed by atoms with Gasteiger partial charge in [-0.2, -0.15) is 26.3 Å². The van der Waals surface area contributed by atoms with Crippen LogP contribution >= 0.6 is 0 Å². The van der Waals surface area contributed by atoms with Crippen LogP contribution in [0.1, 0.15) is 15.9 Å². The number of aliphatic carboxylic acids is 1. The number of rotatable bonds is 4. The van der Waals surface area contributed by atoms with E-state index in [1.807, 2.05) is 0 Å². The Bertz CT molecular complexity index is 1110. The SMILES string of the molecule is COc1ccc(C(=O)Nc2cc(-c3ccncc3)no2)cc1C(F)(F)F.O=C(O)C(F)(F)F. The van der Waals surface area contributed by atoms with E-state index in [-0.39, 0.29) is 17.2 Å². The second kappa shape index (κ2) is 10.0. The van der Waals surface area contributed by atoms with Gasteiger partial charge in [-0.15, -0.1) is 0 Å². The number of ether oxygens (including phenoxy) is 1. The first-order valence-electron chi connectivity index (χ1n) is 8.56. The third kappa shape index (κ3) is 6.95. The van der Waals surface area contributed by atoms with E-state index < -0.39 is 29.8 Å². The van der Waals surface area contributed by atoms with Gasteiger partial charge in [0, 0.05) is 29.6 Å². The van der Waals surface area contributed by atoms with Gasteiger partial charge in [0.15, 0.2) is 0 Å².